The molecule has 2 aliphatic rings. The van der Waals surface area contributed by atoms with Gasteiger partial charge in [-0.15, -0.1) is 12.4 Å². The molecule has 1 aromatic rings. The maximum absolute atomic E-state index is 12.6. The Bertz CT molecular complexity index is 612. The molecule has 0 spiro atoms. The fourth-order valence-corrected chi connectivity index (χ4v) is 4.45. The highest BCUT2D eigenvalue weighted by molar-refractivity contribution is 5.85. The van der Waals surface area contributed by atoms with E-state index in [9.17, 15) is 4.79 Å². The molecule has 0 aromatic heterocycles. The van der Waals surface area contributed by atoms with Gasteiger partial charge < -0.3 is 20.1 Å². The van der Waals surface area contributed by atoms with E-state index in [1.54, 1.807) is 14.2 Å². The number of hydrogen-bond donors (Lipinski definition) is 2. The molecule has 1 saturated heterocycles. The molecule has 2 N–H and O–H groups in total. The number of benzene rings is 1. The zero-order valence-corrected chi connectivity index (χ0v) is 17.3. The van der Waals surface area contributed by atoms with Crippen LogP contribution in [0.4, 0.5) is 0 Å². The van der Waals surface area contributed by atoms with Crippen LogP contribution in [0.15, 0.2) is 18.2 Å². The van der Waals surface area contributed by atoms with Crippen molar-refractivity contribution in [3.63, 3.8) is 0 Å². The number of rotatable bonds is 7. The summed E-state index contributed by atoms with van der Waals surface area (Å²) in [6.45, 7) is 3.42. The van der Waals surface area contributed by atoms with Gasteiger partial charge in [0.15, 0.2) is 0 Å². The Morgan fingerprint density at radius 2 is 2.07 bits per heavy atom. The lowest BCUT2D eigenvalue weighted by atomic mass is 9.79. The van der Waals surface area contributed by atoms with Crippen LogP contribution in [0.2, 0.25) is 0 Å². The van der Waals surface area contributed by atoms with E-state index < -0.39 is 0 Å². The molecule has 3 rings (SSSR count). The summed E-state index contributed by atoms with van der Waals surface area (Å²) in [5.41, 5.74) is 2.73. The van der Waals surface area contributed by atoms with Gasteiger partial charge in [-0.2, -0.15) is 0 Å². The fourth-order valence-electron chi connectivity index (χ4n) is 4.45. The highest BCUT2D eigenvalue weighted by Crippen LogP contribution is 2.36. The van der Waals surface area contributed by atoms with Crippen molar-refractivity contribution in [2.45, 2.75) is 44.4 Å². The quantitative estimate of drug-likeness (QED) is 0.743. The number of aryl methyl sites for hydroxylation is 1. The van der Waals surface area contributed by atoms with Gasteiger partial charge in [-0.3, -0.25) is 4.79 Å². The minimum atomic E-state index is 0. The Balaban J connectivity index is 0.00000261. The van der Waals surface area contributed by atoms with Crippen molar-refractivity contribution in [2.75, 3.05) is 40.5 Å². The van der Waals surface area contributed by atoms with E-state index >= 15 is 0 Å². The Labute approximate surface area is 169 Å². The lowest BCUT2D eigenvalue weighted by Gasteiger charge is -2.37. The summed E-state index contributed by atoms with van der Waals surface area (Å²) >= 11 is 0. The summed E-state index contributed by atoms with van der Waals surface area (Å²) in [6, 6.07) is 6.28. The molecular weight excluding hydrogens is 364 g/mol. The smallest absolute Gasteiger partial charge is 0.220 e. The molecule has 1 heterocycles. The van der Waals surface area contributed by atoms with Crippen molar-refractivity contribution in [1.82, 2.24) is 10.6 Å². The van der Waals surface area contributed by atoms with Crippen LogP contribution in [0.1, 0.15) is 49.1 Å². The summed E-state index contributed by atoms with van der Waals surface area (Å²) in [6.07, 6.45) is 5.97. The second kappa shape index (κ2) is 10.3. The number of amides is 1. The van der Waals surface area contributed by atoms with Crippen LogP contribution in [0.3, 0.4) is 0 Å². The molecule has 0 radical (unpaired) electrons. The van der Waals surface area contributed by atoms with E-state index in [1.807, 2.05) is 6.07 Å². The first-order chi connectivity index (χ1) is 12.7. The number of methoxy groups -OCH3 is 2. The number of hydrogen-bond acceptors (Lipinski definition) is 4. The average Bonchev–Trinajstić information content (AvgIpc) is 2.67. The van der Waals surface area contributed by atoms with Gasteiger partial charge in [-0.05, 0) is 74.4 Å². The van der Waals surface area contributed by atoms with Crippen molar-refractivity contribution in [2.24, 2.45) is 5.41 Å². The number of ether oxygens (including phenoxy) is 2. The summed E-state index contributed by atoms with van der Waals surface area (Å²) in [7, 11) is 3.45. The van der Waals surface area contributed by atoms with Gasteiger partial charge in [-0.25, -0.2) is 0 Å². The Kier molecular flexibility index (Phi) is 8.39. The molecule has 1 aliphatic carbocycles. The van der Waals surface area contributed by atoms with Crippen molar-refractivity contribution < 1.29 is 14.3 Å². The molecule has 1 fully saturated rings. The monoisotopic (exact) mass is 396 g/mol. The normalized spacial score (nSPS) is 20.9. The van der Waals surface area contributed by atoms with Crippen molar-refractivity contribution in [3.05, 3.63) is 29.3 Å². The van der Waals surface area contributed by atoms with Crippen LogP contribution in [0, 0.1) is 5.41 Å². The molecule has 1 amide bonds. The van der Waals surface area contributed by atoms with Crippen LogP contribution >= 0.6 is 12.4 Å². The second-order valence-corrected chi connectivity index (χ2v) is 7.82. The van der Waals surface area contributed by atoms with Crippen LogP contribution in [-0.4, -0.2) is 46.4 Å². The first-order valence-corrected chi connectivity index (χ1v) is 9.79. The molecule has 27 heavy (non-hydrogen) atoms. The highest BCUT2D eigenvalue weighted by Gasteiger charge is 2.33. The molecule has 0 saturated carbocycles. The molecule has 1 aliphatic heterocycles. The predicted octanol–water partition coefficient (Wildman–Crippen LogP) is 3.06. The van der Waals surface area contributed by atoms with Gasteiger partial charge in [0.1, 0.15) is 5.75 Å². The van der Waals surface area contributed by atoms with Crippen molar-refractivity contribution in [3.8, 4) is 5.75 Å². The molecule has 152 valence electrons. The molecule has 1 atom stereocenters. The lowest BCUT2D eigenvalue weighted by Crippen LogP contribution is -2.47. The van der Waals surface area contributed by atoms with E-state index in [1.165, 1.54) is 11.1 Å². The van der Waals surface area contributed by atoms with Crippen LogP contribution in [0.5, 0.6) is 5.75 Å². The van der Waals surface area contributed by atoms with E-state index in [-0.39, 0.29) is 23.7 Å². The number of halogens is 1. The number of nitrogens with one attached hydrogen (secondary N) is 2. The number of fused-ring (bicyclic) bond motifs is 1. The van der Waals surface area contributed by atoms with Crippen LogP contribution < -0.4 is 15.4 Å². The van der Waals surface area contributed by atoms with Gasteiger partial charge in [-0.1, -0.05) is 6.07 Å². The van der Waals surface area contributed by atoms with Gasteiger partial charge >= 0.3 is 0 Å². The largest absolute Gasteiger partial charge is 0.497 e. The minimum absolute atomic E-state index is 0. The molecule has 0 bridgehead atoms. The second-order valence-electron chi connectivity index (χ2n) is 7.82. The van der Waals surface area contributed by atoms with Crippen molar-refractivity contribution >= 4 is 18.3 Å². The maximum atomic E-state index is 12.6. The van der Waals surface area contributed by atoms with E-state index in [0.717, 1.165) is 50.9 Å². The molecule has 5 nitrogen and oxygen atoms in total. The third-order valence-corrected chi connectivity index (χ3v) is 6.00. The predicted molar refractivity (Wildman–Crippen MR) is 110 cm³/mol. The minimum Gasteiger partial charge on any atom is -0.497 e. The summed E-state index contributed by atoms with van der Waals surface area (Å²) in [5, 5.41) is 6.60. The molecule has 1 aromatic carbocycles. The third-order valence-electron chi connectivity index (χ3n) is 6.00. The Morgan fingerprint density at radius 3 is 2.78 bits per heavy atom. The van der Waals surface area contributed by atoms with Crippen molar-refractivity contribution in [1.29, 1.82) is 0 Å². The van der Waals surface area contributed by atoms with Gasteiger partial charge in [0.25, 0.3) is 0 Å². The Morgan fingerprint density at radius 1 is 1.30 bits per heavy atom. The molecule has 1 unspecified atom stereocenters. The molecule has 6 heteroatoms. The van der Waals surface area contributed by atoms with Crippen LogP contribution in [-0.2, 0) is 16.0 Å². The number of carbonyl (C=O) groups is 1. The summed E-state index contributed by atoms with van der Waals surface area (Å²) in [4.78, 5) is 12.6. The first-order valence-electron chi connectivity index (χ1n) is 9.79. The van der Waals surface area contributed by atoms with Gasteiger partial charge in [0.2, 0.25) is 5.91 Å². The van der Waals surface area contributed by atoms with E-state index in [0.29, 0.717) is 25.5 Å². The summed E-state index contributed by atoms with van der Waals surface area (Å²) < 4.78 is 10.8. The third kappa shape index (κ3) is 5.59. The van der Waals surface area contributed by atoms with Gasteiger partial charge in [0, 0.05) is 25.5 Å². The van der Waals surface area contributed by atoms with E-state index in [4.69, 9.17) is 9.47 Å². The molecular formula is C21H33ClN2O3. The highest BCUT2D eigenvalue weighted by atomic mass is 35.5. The maximum Gasteiger partial charge on any atom is 0.220 e. The lowest BCUT2D eigenvalue weighted by molar-refractivity contribution is -0.122. The average molecular weight is 397 g/mol. The Hall–Kier alpha value is -1.30. The topological polar surface area (TPSA) is 59.6 Å². The first kappa shape index (κ1) is 22.0. The summed E-state index contributed by atoms with van der Waals surface area (Å²) in [5.74, 6) is 1.38. The standard InChI is InChI=1S/C21H32N2O3.ClH/c1-25-15-21(8-10-22-11-9-21)14-23-20(24)13-17-5-3-4-16-12-18(26-2)6-7-19(16)17;/h6-7,12,17,22H,3-5,8-11,13-15H2,1-2H3,(H,23,24);1H. The number of carbonyl (C=O) groups excluding carboxylic acids is 1. The van der Waals surface area contributed by atoms with E-state index in [2.05, 4.69) is 22.8 Å². The zero-order valence-electron chi connectivity index (χ0n) is 16.5. The SMILES string of the molecule is COCC1(CNC(=O)CC2CCCc3cc(OC)ccc32)CCNCC1.Cl. The fraction of sp³-hybridized carbons (Fsp3) is 0.667. The number of piperidine rings is 1. The van der Waals surface area contributed by atoms with Crippen LogP contribution in [0.25, 0.3) is 0 Å². The zero-order chi connectivity index (χ0) is 18.4. The van der Waals surface area contributed by atoms with Gasteiger partial charge in [0.05, 0.1) is 13.7 Å².